The van der Waals surface area contributed by atoms with Gasteiger partial charge in [0.15, 0.2) is 0 Å². The fourth-order valence-corrected chi connectivity index (χ4v) is 2.25. The number of anilines is 1. The molecule has 1 aromatic carbocycles. The molecule has 0 saturated heterocycles. The summed E-state index contributed by atoms with van der Waals surface area (Å²) in [5, 5.41) is 18.5. The smallest absolute Gasteiger partial charge is 0.258 e. The van der Waals surface area contributed by atoms with Crippen LogP contribution in [0, 0.1) is 6.92 Å². The molecule has 8 nitrogen and oxygen atoms in total. The Balaban J connectivity index is 1.77. The minimum atomic E-state index is -0.255. The van der Waals surface area contributed by atoms with Crippen molar-refractivity contribution >= 4 is 11.8 Å². The van der Waals surface area contributed by atoms with Crippen LogP contribution in [0.4, 0.5) is 5.88 Å². The summed E-state index contributed by atoms with van der Waals surface area (Å²) in [7, 11) is 1.70. The van der Waals surface area contributed by atoms with Gasteiger partial charge in [-0.2, -0.15) is 4.80 Å². The van der Waals surface area contributed by atoms with E-state index in [2.05, 4.69) is 25.9 Å². The topological polar surface area (TPSA) is 98.7 Å². The fourth-order valence-electron chi connectivity index (χ4n) is 2.25. The molecule has 0 unspecified atom stereocenters. The first kappa shape index (κ1) is 14.9. The van der Waals surface area contributed by atoms with Crippen LogP contribution in [0.15, 0.2) is 28.8 Å². The summed E-state index contributed by atoms with van der Waals surface area (Å²) >= 11 is 0. The summed E-state index contributed by atoms with van der Waals surface area (Å²) in [6, 6.07) is 6.96. The van der Waals surface area contributed by atoms with Crippen LogP contribution in [0.1, 0.15) is 28.5 Å². The van der Waals surface area contributed by atoms with Gasteiger partial charge >= 0.3 is 0 Å². The van der Waals surface area contributed by atoms with Gasteiger partial charge in [0.2, 0.25) is 11.7 Å². The van der Waals surface area contributed by atoms with Crippen LogP contribution in [0.2, 0.25) is 0 Å². The zero-order chi connectivity index (χ0) is 16.4. The van der Waals surface area contributed by atoms with Gasteiger partial charge in [0.25, 0.3) is 5.91 Å². The van der Waals surface area contributed by atoms with Gasteiger partial charge in [-0.3, -0.25) is 10.1 Å². The molecule has 1 N–H and O–H groups in total. The SMILES string of the molecule is CCc1c(C)noc1NC(=O)c1ccc(-c2nnn(C)n2)cc1. The molecule has 3 aromatic rings. The molecule has 0 aliphatic carbocycles. The molecule has 118 valence electrons. The van der Waals surface area contributed by atoms with E-state index in [0.717, 1.165) is 23.2 Å². The van der Waals surface area contributed by atoms with Gasteiger partial charge in [0.05, 0.1) is 12.7 Å². The first-order valence-corrected chi connectivity index (χ1v) is 7.19. The monoisotopic (exact) mass is 312 g/mol. The lowest BCUT2D eigenvalue weighted by atomic mass is 10.1. The van der Waals surface area contributed by atoms with E-state index in [0.29, 0.717) is 17.3 Å². The van der Waals surface area contributed by atoms with E-state index < -0.39 is 0 Å². The predicted octanol–water partition coefficient (Wildman–Crippen LogP) is 1.99. The van der Waals surface area contributed by atoms with Gasteiger partial charge in [-0.15, -0.1) is 10.2 Å². The second-order valence-corrected chi connectivity index (χ2v) is 5.06. The van der Waals surface area contributed by atoms with E-state index in [9.17, 15) is 4.79 Å². The summed E-state index contributed by atoms with van der Waals surface area (Å²) in [4.78, 5) is 13.7. The quantitative estimate of drug-likeness (QED) is 0.791. The van der Waals surface area contributed by atoms with Crippen molar-refractivity contribution in [1.29, 1.82) is 0 Å². The van der Waals surface area contributed by atoms with Gasteiger partial charge in [-0.1, -0.05) is 24.2 Å². The zero-order valence-corrected chi connectivity index (χ0v) is 13.1. The zero-order valence-electron chi connectivity index (χ0n) is 13.1. The highest BCUT2D eigenvalue weighted by Crippen LogP contribution is 2.21. The number of carbonyl (C=O) groups excluding carboxylic acids is 1. The molecule has 2 heterocycles. The lowest BCUT2D eigenvalue weighted by Crippen LogP contribution is -2.12. The van der Waals surface area contributed by atoms with Crippen molar-refractivity contribution in [3.05, 3.63) is 41.1 Å². The first-order chi connectivity index (χ1) is 11.1. The van der Waals surface area contributed by atoms with E-state index in [1.54, 1.807) is 31.3 Å². The molecule has 0 aliphatic heterocycles. The second-order valence-electron chi connectivity index (χ2n) is 5.06. The van der Waals surface area contributed by atoms with Crippen LogP contribution in [-0.2, 0) is 13.5 Å². The van der Waals surface area contributed by atoms with Crippen molar-refractivity contribution in [1.82, 2.24) is 25.4 Å². The number of nitrogens with one attached hydrogen (secondary N) is 1. The molecule has 0 saturated carbocycles. The second kappa shape index (κ2) is 5.99. The number of amides is 1. The largest absolute Gasteiger partial charge is 0.338 e. The molecule has 0 spiro atoms. The third kappa shape index (κ3) is 2.96. The number of hydrogen-bond acceptors (Lipinski definition) is 6. The number of aryl methyl sites for hydroxylation is 2. The normalized spacial score (nSPS) is 10.7. The molecular formula is C15H16N6O2. The van der Waals surface area contributed by atoms with Crippen molar-refractivity contribution in [3.8, 4) is 11.4 Å². The van der Waals surface area contributed by atoms with Gasteiger partial charge in [0.1, 0.15) is 0 Å². The highest BCUT2D eigenvalue weighted by Gasteiger charge is 2.15. The van der Waals surface area contributed by atoms with Crippen molar-refractivity contribution in [2.75, 3.05) is 5.32 Å². The predicted molar refractivity (Wildman–Crippen MR) is 82.8 cm³/mol. The standard InChI is InChI=1S/C15H16N6O2/c1-4-12-9(2)19-23-15(12)16-14(22)11-7-5-10(6-8-11)13-17-20-21(3)18-13/h5-8H,4H2,1-3H3,(H,16,22). The summed E-state index contributed by atoms with van der Waals surface area (Å²) in [5.41, 5.74) is 2.98. The molecule has 2 aromatic heterocycles. The molecule has 0 fully saturated rings. The summed E-state index contributed by atoms with van der Waals surface area (Å²) in [6.07, 6.45) is 0.738. The minimum absolute atomic E-state index is 0.255. The molecule has 0 bridgehead atoms. The Labute approximate surface area is 132 Å². The van der Waals surface area contributed by atoms with Crippen LogP contribution < -0.4 is 5.32 Å². The number of nitrogens with zero attached hydrogens (tertiary/aromatic N) is 5. The van der Waals surface area contributed by atoms with E-state index in [4.69, 9.17) is 4.52 Å². The first-order valence-electron chi connectivity index (χ1n) is 7.19. The van der Waals surface area contributed by atoms with Crippen molar-refractivity contribution < 1.29 is 9.32 Å². The molecule has 3 rings (SSSR count). The van der Waals surface area contributed by atoms with E-state index in [1.807, 2.05) is 13.8 Å². The van der Waals surface area contributed by atoms with E-state index in [1.165, 1.54) is 4.80 Å². The average Bonchev–Trinajstić information content (AvgIpc) is 3.13. The number of aromatic nitrogens is 5. The van der Waals surface area contributed by atoms with Crippen LogP contribution in [0.3, 0.4) is 0 Å². The van der Waals surface area contributed by atoms with Crippen LogP contribution in [0.5, 0.6) is 0 Å². The number of carbonyl (C=O) groups is 1. The fraction of sp³-hybridized carbons (Fsp3) is 0.267. The Morgan fingerprint density at radius 3 is 2.65 bits per heavy atom. The molecule has 23 heavy (non-hydrogen) atoms. The summed E-state index contributed by atoms with van der Waals surface area (Å²) < 4.78 is 5.16. The third-order valence-electron chi connectivity index (χ3n) is 3.48. The lowest BCUT2D eigenvalue weighted by molar-refractivity contribution is 0.102. The maximum absolute atomic E-state index is 12.3. The lowest BCUT2D eigenvalue weighted by Gasteiger charge is -2.04. The van der Waals surface area contributed by atoms with Crippen LogP contribution in [-0.4, -0.2) is 31.3 Å². The minimum Gasteiger partial charge on any atom is -0.338 e. The molecule has 0 aliphatic rings. The van der Waals surface area contributed by atoms with Crippen molar-refractivity contribution in [3.63, 3.8) is 0 Å². The van der Waals surface area contributed by atoms with Gasteiger partial charge in [-0.25, -0.2) is 0 Å². The average molecular weight is 312 g/mol. The van der Waals surface area contributed by atoms with Gasteiger partial charge in [0, 0.05) is 16.7 Å². The van der Waals surface area contributed by atoms with Crippen LogP contribution >= 0.6 is 0 Å². The highest BCUT2D eigenvalue weighted by molar-refractivity contribution is 6.04. The Bertz CT molecular complexity index is 834. The van der Waals surface area contributed by atoms with E-state index in [-0.39, 0.29) is 5.91 Å². The third-order valence-corrected chi connectivity index (χ3v) is 3.48. The number of rotatable bonds is 4. The van der Waals surface area contributed by atoms with Gasteiger partial charge < -0.3 is 4.52 Å². The van der Waals surface area contributed by atoms with Crippen molar-refractivity contribution in [2.45, 2.75) is 20.3 Å². The Morgan fingerprint density at radius 1 is 1.30 bits per heavy atom. The van der Waals surface area contributed by atoms with Crippen LogP contribution in [0.25, 0.3) is 11.4 Å². The Hall–Kier alpha value is -3.03. The van der Waals surface area contributed by atoms with Crippen molar-refractivity contribution in [2.24, 2.45) is 7.05 Å². The Morgan fingerprint density at radius 2 is 2.04 bits per heavy atom. The molecule has 8 heteroatoms. The van der Waals surface area contributed by atoms with Gasteiger partial charge in [-0.05, 0) is 30.7 Å². The van der Waals surface area contributed by atoms with E-state index >= 15 is 0 Å². The summed E-state index contributed by atoms with van der Waals surface area (Å²) in [6.45, 7) is 3.83. The molecular weight excluding hydrogens is 296 g/mol. The number of tetrazole rings is 1. The molecule has 0 atom stereocenters. The number of hydrogen-bond donors (Lipinski definition) is 1. The summed E-state index contributed by atoms with van der Waals surface area (Å²) in [5.74, 6) is 0.655. The Kier molecular flexibility index (Phi) is 3.88. The molecule has 1 amide bonds. The number of benzene rings is 1. The molecule has 0 radical (unpaired) electrons. The maximum Gasteiger partial charge on any atom is 0.258 e. The maximum atomic E-state index is 12.3. The highest BCUT2D eigenvalue weighted by atomic mass is 16.5.